The fraction of sp³-hybridized carbons (Fsp3) is 1.00. The van der Waals surface area contributed by atoms with Crippen LogP contribution in [0.25, 0.3) is 0 Å². The van der Waals surface area contributed by atoms with Crippen LogP contribution in [0.3, 0.4) is 0 Å². The SMILES string of the molecule is CCC[C@@H]1O[C@H]1[C@@H](C)O. The zero-order valence-electron chi connectivity index (χ0n) is 6.00. The summed E-state index contributed by atoms with van der Waals surface area (Å²) in [6.45, 7) is 3.90. The average molecular weight is 130 g/mol. The van der Waals surface area contributed by atoms with Crippen molar-refractivity contribution >= 4 is 0 Å². The van der Waals surface area contributed by atoms with E-state index in [2.05, 4.69) is 6.92 Å². The molecule has 1 fully saturated rings. The molecule has 0 bridgehead atoms. The van der Waals surface area contributed by atoms with Gasteiger partial charge in [0.15, 0.2) is 0 Å². The van der Waals surface area contributed by atoms with Crippen LogP contribution in [-0.2, 0) is 4.74 Å². The van der Waals surface area contributed by atoms with Crippen LogP contribution in [0.15, 0.2) is 0 Å². The lowest BCUT2D eigenvalue weighted by Crippen LogP contribution is -2.11. The molecule has 2 nitrogen and oxygen atoms in total. The van der Waals surface area contributed by atoms with E-state index >= 15 is 0 Å². The van der Waals surface area contributed by atoms with Gasteiger partial charge in [-0.3, -0.25) is 0 Å². The normalized spacial score (nSPS) is 36.3. The van der Waals surface area contributed by atoms with Crippen molar-refractivity contribution in [2.75, 3.05) is 0 Å². The smallest absolute Gasteiger partial charge is 0.110 e. The molecule has 1 saturated heterocycles. The van der Waals surface area contributed by atoms with Gasteiger partial charge in [0.1, 0.15) is 6.10 Å². The van der Waals surface area contributed by atoms with Gasteiger partial charge >= 0.3 is 0 Å². The van der Waals surface area contributed by atoms with Crippen LogP contribution in [-0.4, -0.2) is 23.4 Å². The predicted molar refractivity (Wildman–Crippen MR) is 35.2 cm³/mol. The van der Waals surface area contributed by atoms with Gasteiger partial charge in [0.2, 0.25) is 0 Å². The van der Waals surface area contributed by atoms with E-state index < -0.39 is 0 Å². The first-order chi connectivity index (χ1) is 4.25. The number of hydrogen-bond donors (Lipinski definition) is 1. The predicted octanol–water partition coefficient (Wildman–Crippen LogP) is 0.935. The molecule has 1 aliphatic rings. The summed E-state index contributed by atoms with van der Waals surface area (Å²) in [6.07, 6.45) is 2.46. The van der Waals surface area contributed by atoms with Crippen molar-refractivity contribution in [2.45, 2.75) is 45.0 Å². The highest BCUT2D eigenvalue weighted by atomic mass is 16.6. The standard InChI is InChI=1S/C7H14O2/c1-3-4-6-7(9-6)5(2)8/h5-8H,3-4H2,1-2H3/t5-,6+,7+/m1/s1. The second kappa shape index (κ2) is 2.67. The van der Waals surface area contributed by atoms with Crippen molar-refractivity contribution in [1.82, 2.24) is 0 Å². The number of ether oxygens (including phenoxy) is 1. The summed E-state index contributed by atoms with van der Waals surface area (Å²) in [6, 6.07) is 0. The van der Waals surface area contributed by atoms with Gasteiger partial charge in [-0.2, -0.15) is 0 Å². The molecule has 0 saturated carbocycles. The van der Waals surface area contributed by atoms with Gasteiger partial charge in [0.25, 0.3) is 0 Å². The number of hydrogen-bond acceptors (Lipinski definition) is 2. The Hall–Kier alpha value is -0.0800. The van der Waals surface area contributed by atoms with Gasteiger partial charge < -0.3 is 9.84 Å². The van der Waals surface area contributed by atoms with Crippen molar-refractivity contribution in [1.29, 1.82) is 0 Å². The maximum absolute atomic E-state index is 8.96. The molecule has 0 aromatic heterocycles. The monoisotopic (exact) mass is 130 g/mol. The first-order valence-electron chi connectivity index (χ1n) is 3.59. The summed E-state index contributed by atoms with van der Waals surface area (Å²) in [5, 5.41) is 8.96. The van der Waals surface area contributed by atoms with Gasteiger partial charge in [0.05, 0.1) is 12.2 Å². The Morgan fingerprint density at radius 2 is 2.33 bits per heavy atom. The summed E-state index contributed by atoms with van der Waals surface area (Å²) >= 11 is 0. The zero-order valence-corrected chi connectivity index (χ0v) is 6.00. The Balaban J connectivity index is 2.09. The van der Waals surface area contributed by atoms with E-state index in [0.717, 1.165) is 12.8 Å². The summed E-state index contributed by atoms with van der Waals surface area (Å²) < 4.78 is 5.17. The van der Waals surface area contributed by atoms with Crippen LogP contribution >= 0.6 is 0 Å². The maximum Gasteiger partial charge on any atom is 0.110 e. The minimum absolute atomic E-state index is 0.143. The van der Waals surface area contributed by atoms with Crippen molar-refractivity contribution in [3.05, 3.63) is 0 Å². The lowest BCUT2D eigenvalue weighted by atomic mass is 10.1. The fourth-order valence-electron chi connectivity index (χ4n) is 1.10. The molecule has 0 unspecified atom stereocenters. The van der Waals surface area contributed by atoms with Crippen molar-refractivity contribution in [2.24, 2.45) is 0 Å². The summed E-state index contributed by atoms with van der Waals surface area (Å²) in [4.78, 5) is 0. The van der Waals surface area contributed by atoms with E-state index in [4.69, 9.17) is 9.84 Å². The summed E-state index contributed by atoms with van der Waals surface area (Å²) in [5.74, 6) is 0. The molecule has 0 aromatic carbocycles. The molecule has 3 atom stereocenters. The molecule has 0 aromatic rings. The number of rotatable bonds is 3. The molecule has 1 rings (SSSR count). The fourth-order valence-corrected chi connectivity index (χ4v) is 1.10. The van der Waals surface area contributed by atoms with Gasteiger partial charge in [-0.05, 0) is 13.3 Å². The molecule has 0 aliphatic carbocycles. The Bertz CT molecular complexity index is 90.9. The third kappa shape index (κ3) is 1.66. The lowest BCUT2D eigenvalue weighted by molar-refractivity contribution is 0.152. The maximum atomic E-state index is 8.96. The molecule has 0 radical (unpaired) electrons. The van der Waals surface area contributed by atoms with Crippen molar-refractivity contribution in [3.63, 3.8) is 0 Å². The van der Waals surface area contributed by atoms with Crippen LogP contribution in [0.5, 0.6) is 0 Å². The van der Waals surface area contributed by atoms with Gasteiger partial charge in [0, 0.05) is 0 Å². The third-order valence-corrected chi connectivity index (χ3v) is 1.67. The molecule has 1 aliphatic heterocycles. The largest absolute Gasteiger partial charge is 0.391 e. The number of epoxide rings is 1. The van der Waals surface area contributed by atoms with Gasteiger partial charge in [-0.15, -0.1) is 0 Å². The van der Waals surface area contributed by atoms with E-state index in [9.17, 15) is 0 Å². The highest BCUT2D eigenvalue weighted by Crippen LogP contribution is 2.28. The minimum atomic E-state index is -0.276. The Morgan fingerprint density at radius 3 is 2.67 bits per heavy atom. The Kier molecular flexibility index (Phi) is 2.09. The van der Waals surface area contributed by atoms with Crippen molar-refractivity contribution in [3.8, 4) is 0 Å². The van der Waals surface area contributed by atoms with Crippen LogP contribution in [0, 0.1) is 0 Å². The topological polar surface area (TPSA) is 32.8 Å². The zero-order chi connectivity index (χ0) is 6.85. The minimum Gasteiger partial charge on any atom is -0.391 e. The van der Waals surface area contributed by atoms with E-state index in [0.29, 0.717) is 6.10 Å². The van der Waals surface area contributed by atoms with Crippen LogP contribution in [0.4, 0.5) is 0 Å². The van der Waals surface area contributed by atoms with Crippen molar-refractivity contribution < 1.29 is 9.84 Å². The summed E-state index contributed by atoms with van der Waals surface area (Å²) in [7, 11) is 0. The Labute approximate surface area is 55.8 Å². The third-order valence-electron chi connectivity index (χ3n) is 1.67. The molecule has 9 heavy (non-hydrogen) atoms. The Morgan fingerprint density at radius 1 is 1.67 bits per heavy atom. The average Bonchev–Trinajstić information content (AvgIpc) is 2.47. The number of aliphatic hydroxyl groups excluding tert-OH is 1. The van der Waals surface area contributed by atoms with Gasteiger partial charge in [-0.25, -0.2) is 0 Å². The molecule has 1 heterocycles. The highest BCUT2D eigenvalue weighted by Gasteiger charge is 2.41. The summed E-state index contributed by atoms with van der Waals surface area (Å²) in [5.41, 5.74) is 0. The molecule has 1 N–H and O–H groups in total. The van der Waals surface area contributed by atoms with Crippen LogP contribution in [0.2, 0.25) is 0 Å². The molecule has 2 heteroatoms. The van der Waals surface area contributed by atoms with Gasteiger partial charge in [-0.1, -0.05) is 13.3 Å². The number of aliphatic hydroxyl groups is 1. The van der Waals surface area contributed by atoms with E-state index in [1.165, 1.54) is 0 Å². The lowest BCUT2D eigenvalue weighted by Gasteiger charge is -1.94. The highest BCUT2D eigenvalue weighted by molar-refractivity contribution is 4.87. The molecule has 0 spiro atoms. The molecular weight excluding hydrogens is 116 g/mol. The first kappa shape index (κ1) is 7.03. The van der Waals surface area contributed by atoms with E-state index in [-0.39, 0.29) is 12.2 Å². The van der Waals surface area contributed by atoms with Crippen LogP contribution < -0.4 is 0 Å². The first-order valence-corrected chi connectivity index (χ1v) is 3.59. The quantitative estimate of drug-likeness (QED) is 0.576. The second-order valence-electron chi connectivity index (χ2n) is 2.67. The molecular formula is C7H14O2. The molecule has 0 amide bonds. The van der Waals surface area contributed by atoms with E-state index in [1.54, 1.807) is 6.92 Å². The second-order valence-corrected chi connectivity index (χ2v) is 2.67. The van der Waals surface area contributed by atoms with Crippen LogP contribution in [0.1, 0.15) is 26.7 Å². The van der Waals surface area contributed by atoms with E-state index in [1.807, 2.05) is 0 Å². The molecule has 54 valence electrons.